The molecule has 0 saturated carbocycles. The maximum absolute atomic E-state index is 12.8. The van der Waals surface area contributed by atoms with Crippen LogP contribution < -0.4 is 0 Å². The Morgan fingerprint density at radius 3 is 1.96 bits per heavy atom. The average molecular weight is 387 g/mol. The number of hydrazone groups is 1. The first kappa shape index (κ1) is 18.5. The van der Waals surface area contributed by atoms with Crippen LogP contribution in [0.4, 0.5) is 0 Å². The third kappa shape index (κ3) is 4.34. The van der Waals surface area contributed by atoms with Gasteiger partial charge in [0.1, 0.15) is 0 Å². The summed E-state index contributed by atoms with van der Waals surface area (Å²) >= 11 is 1.66. The van der Waals surface area contributed by atoms with Crippen LogP contribution in [-0.4, -0.2) is 28.9 Å². The lowest BCUT2D eigenvalue weighted by Crippen LogP contribution is -2.25. The molecule has 140 valence electrons. The Kier molecular flexibility index (Phi) is 5.88. The van der Waals surface area contributed by atoms with Crippen molar-refractivity contribution in [1.82, 2.24) is 5.01 Å². The molecule has 1 amide bonds. The van der Waals surface area contributed by atoms with E-state index in [9.17, 15) is 4.79 Å². The smallest absolute Gasteiger partial charge is 0.252 e. The van der Waals surface area contributed by atoms with Crippen LogP contribution in [0.3, 0.4) is 0 Å². The molecule has 0 unspecified atom stereocenters. The lowest BCUT2D eigenvalue weighted by Gasteiger charge is -2.19. The van der Waals surface area contributed by atoms with Crippen LogP contribution >= 0.6 is 11.8 Å². The van der Waals surface area contributed by atoms with Gasteiger partial charge in [0.15, 0.2) is 0 Å². The number of benzene rings is 3. The molecule has 0 bridgehead atoms. The molecule has 0 N–H and O–H groups in total. The average Bonchev–Trinajstić information content (AvgIpc) is 3.26. The normalized spacial score (nSPS) is 13.6. The molecule has 0 atom stereocenters. The van der Waals surface area contributed by atoms with Gasteiger partial charge in [-0.3, -0.25) is 4.79 Å². The standard InChI is InChI=1S/C24H22N2OS/c27-23(26-17-16-22(25-26)19-10-4-1-5-11-19)18-28-24(20-12-6-2-7-13-20)21-14-8-3-9-15-21/h1-15,24H,16-18H2. The zero-order valence-electron chi connectivity index (χ0n) is 15.6. The molecule has 3 nitrogen and oxygen atoms in total. The van der Waals surface area contributed by atoms with Crippen LogP contribution in [0.15, 0.2) is 96.1 Å². The lowest BCUT2D eigenvalue weighted by molar-refractivity contribution is -0.127. The van der Waals surface area contributed by atoms with Crippen molar-refractivity contribution in [1.29, 1.82) is 0 Å². The van der Waals surface area contributed by atoms with E-state index in [0.717, 1.165) is 17.7 Å². The number of carbonyl (C=O) groups is 1. The number of hydrogen-bond acceptors (Lipinski definition) is 3. The summed E-state index contributed by atoms with van der Waals surface area (Å²) in [5.74, 6) is 0.466. The van der Waals surface area contributed by atoms with Gasteiger partial charge in [0.25, 0.3) is 5.91 Å². The van der Waals surface area contributed by atoms with Crippen molar-refractivity contribution in [2.24, 2.45) is 5.10 Å². The van der Waals surface area contributed by atoms with Crippen LogP contribution in [-0.2, 0) is 4.79 Å². The summed E-state index contributed by atoms with van der Waals surface area (Å²) in [5, 5.41) is 6.33. The lowest BCUT2D eigenvalue weighted by atomic mass is 10.0. The number of carbonyl (C=O) groups excluding carboxylic acids is 1. The van der Waals surface area contributed by atoms with Gasteiger partial charge in [0.05, 0.1) is 23.3 Å². The highest BCUT2D eigenvalue weighted by Gasteiger charge is 2.23. The van der Waals surface area contributed by atoms with E-state index in [2.05, 4.69) is 29.4 Å². The largest absolute Gasteiger partial charge is 0.272 e. The molecule has 1 heterocycles. The minimum Gasteiger partial charge on any atom is -0.272 e. The Hall–Kier alpha value is -2.85. The van der Waals surface area contributed by atoms with E-state index in [4.69, 9.17) is 0 Å². The monoisotopic (exact) mass is 386 g/mol. The Bertz CT molecular complexity index is 903. The molecule has 0 aliphatic carbocycles. The molecular formula is C24H22N2OS. The molecule has 3 aromatic rings. The third-order valence-corrected chi connectivity index (χ3v) is 6.07. The molecule has 0 radical (unpaired) electrons. The van der Waals surface area contributed by atoms with Gasteiger partial charge in [-0.15, -0.1) is 11.8 Å². The number of amides is 1. The second-order valence-electron chi connectivity index (χ2n) is 6.69. The number of rotatable bonds is 6. The number of nitrogens with zero attached hydrogens (tertiary/aromatic N) is 2. The summed E-state index contributed by atoms with van der Waals surface area (Å²) in [7, 11) is 0. The molecule has 4 heteroatoms. The second kappa shape index (κ2) is 8.89. The van der Waals surface area contributed by atoms with Crippen molar-refractivity contribution < 1.29 is 4.79 Å². The Labute approximate surface area is 170 Å². The first-order valence-corrected chi connectivity index (χ1v) is 10.5. The van der Waals surface area contributed by atoms with Crippen molar-refractivity contribution in [3.05, 3.63) is 108 Å². The number of hydrogen-bond donors (Lipinski definition) is 0. The quantitative estimate of drug-likeness (QED) is 0.587. The van der Waals surface area contributed by atoms with Crippen LogP contribution in [0.2, 0.25) is 0 Å². The fourth-order valence-electron chi connectivity index (χ4n) is 3.34. The zero-order chi connectivity index (χ0) is 19.2. The Balaban J connectivity index is 1.46. The molecule has 0 saturated heterocycles. The van der Waals surface area contributed by atoms with Gasteiger partial charge in [-0.2, -0.15) is 5.10 Å². The first-order valence-electron chi connectivity index (χ1n) is 9.46. The maximum Gasteiger partial charge on any atom is 0.252 e. The van der Waals surface area contributed by atoms with Crippen molar-refractivity contribution >= 4 is 23.4 Å². The Morgan fingerprint density at radius 1 is 0.857 bits per heavy atom. The molecule has 4 rings (SSSR count). The van der Waals surface area contributed by atoms with Gasteiger partial charge in [0.2, 0.25) is 0 Å². The summed E-state index contributed by atoms with van der Waals surface area (Å²) in [5.41, 5.74) is 4.50. The third-order valence-electron chi connectivity index (χ3n) is 4.77. The summed E-state index contributed by atoms with van der Waals surface area (Å²) in [4.78, 5) is 12.8. The molecule has 1 aliphatic heterocycles. The zero-order valence-corrected chi connectivity index (χ0v) is 16.4. The van der Waals surface area contributed by atoms with Crippen molar-refractivity contribution in [3.8, 4) is 0 Å². The molecule has 0 fully saturated rings. The molecule has 0 aromatic heterocycles. The van der Waals surface area contributed by atoms with E-state index in [1.165, 1.54) is 11.1 Å². The van der Waals surface area contributed by atoms with Crippen LogP contribution in [0.5, 0.6) is 0 Å². The van der Waals surface area contributed by atoms with Gasteiger partial charge in [-0.05, 0) is 16.7 Å². The van der Waals surface area contributed by atoms with Gasteiger partial charge in [-0.25, -0.2) is 5.01 Å². The van der Waals surface area contributed by atoms with E-state index < -0.39 is 0 Å². The molecular weight excluding hydrogens is 364 g/mol. The highest BCUT2D eigenvalue weighted by molar-refractivity contribution is 8.00. The van der Waals surface area contributed by atoms with E-state index >= 15 is 0 Å². The molecule has 3 aromatic carbocycles. The van der Waals surface area contributed by atoms with E-state index in [1.54, 1.807) is 16.8 Å². The van der Waals surface area contributed by atoms with Gasteiger partial charge in [-0.1, -0.05) is 91.0 Å². The van der Waals surface area contributed by atoms with E-state index in [-0.39, 0.29) is 11.2 Å². The van der Waals surface area contributed by atoms with Gasteiger partial charge >= 0.3 is 0 Å². The van der Waals surface area contributed by atoms with Crippen LogP contribution in [0, 0.1) is 0 Å². The SMILES string of the molecule is O=C(CSC(c1ccccc1)c1ccccc1)N1CCC(c2ccccc2)=N1. The summed E-state index contributed by atoms with van der Waals surface area (Å²) in [6.07, 6.45) is 0.807. The molecule has 0 spiro atoms. The predicted octanol–water partition coefficient (Wildman–Crippen LogP) is 5.15. The molecule has 28 heavy (non-hydrogen) atoms. The maximum atomic E-state index is 12.8. The molecule has 1 aliphatic rings. The summed E-state index contributed by atoms with van der Waals surface area (Å²) < 4.78 is 0. The second-order valence-corrected chi connectivity index (χ2v) is 7.79. The summed E-state index contributed by atoms with van der Waals surface area (Å²) in [6, 6.07) is 30.8. The van der Waals surface area contributed by atoms with E-state index in [0.29, 0.717) is 12.3 Å². The van der Waals surface area contributed by atoms with E-state index in [1.807, 2.05) is 66.7 Å². The summed E-state index contributed by atoms with van der Waals surface area (Å²) in [6.45, 7) is 0.658. The highest BCUT2D eigenvalue weighted by Crippen LogP contribution is 2.35. The van der Waals surface area contributed by atoms with Crippen molar-refractivity contribution in [2.75, 3.05) is 12.3 Å². The van der Waals surface area contributed by atoms with Crippen molar-refractivity contribution in [3.63, 3.8) is 0 Å². The highest BCUT2D eigenvalue weighted by atomic mass is 32.2. The topological polar surface area (TPSA) is 32.7 Å². The van der Waals surface area contributed by atoms with Gasteiger partial charge < -0.3 is 0 Å². The van der Waals surface area contributed by atoms with Crippen LogP contribution in [0.1, 0.15) is 28.4 Å². The number of thioether (sulfide) groups is 1. The first-order chi connectivity index (χ1) is 13.8. The minimum atomic E-state index is 0.0628. The minimum absolute atomic E-state index is 0.0628. The fraction of sp³-hybridized carbons (Fsp3) is 0.167. The fourth-order valence-corrected chi connectivity index (χ4v) is 4.50. The Morgan fingerprint density at radius 2 is 1.39 bits per heavy atom. The predicted molar refractivity (Wildman–Crippen MR) is 116 cm³/mol. The van der Waals surface area contributed by atoms with Gasteiger partial charge in [0, 0.05) is 6.42 Å². The van der Waals surface area contributed by atoms with Crippen LogP contribution in [0.25, 0.3) is 0 Å². The van der Waals surface area contributed by atoms with Crippen molar-refractivity contribution in [2.45, 2.75) is 11.7 Å².